The van der Waals surface area contributed by atoms with E-state index in [1.807, 2.05) is 0 Å². The van der Waals surface area contributed by atoms with Crippen molar-refractivity contribution in [2.24, 2.45) is 0 Å². The molecule has 0 unspecified atom stereocenters. The van der Waals surface area contributed by atoms with Gasteiger partial charge in [-0.25, -0.2) is 17.8 Å². The average Bonchev–Trinajstić information content (AvgIpc) is 3.13. The molecule has 1 aromatic carbocycles. The highest BCUT2D eigenvalue weighted by Gasteiger charge is 2.17. The molecule has 0 aliphatic carbocycles. The molecule has 0 bridgehead atoms. The topological polar surface area (TPSA) is 94.2 Å². The van der Waals surface area contributed by atoms with Gasteiger partial charge in [-0.2, -0.15) is 5.10 Å². The molecule has 0 aliphatic rings. The van der Waals surface area contributed by atoms with Crippen molar-refractivity contribution in [3.05, 3.63) is 69.7 Å². The van der Waals surface area contributed by atoms with E-state index in [9.17, 15) is 13.2 Å². The summed E-state index contributed by atoms with van der Waals surface area (Å²) in [5.41, 5.74) is 0.735. The summed E-state index contributed by atoms with van der Waals surface area (Å²) >= 11 is 5.88. The number of furan rings is 1. The maximum absolute atomic E-state index is 12.4. The van der Waals surface area contributed by atoms with Crippen LogP contribution in [0.15, 0.2) is 62.8 Å². The minimum atomic E-state index is -3.75. The van der Waals surface area contributed by atoms with Gasteiger partial charge < -0.3 is 4.42 Å². The van der Waals surface area contributed by atoms with Crippen molar-refractivity contribution in [3.63, 3.8) is 0 Å². The fourth-order valence-electron chi connectivity index (χ4n) is 2.39. The summed E-state index contributed by atoms with van der Waals surface area (Å²) in [6.07, 6.45) is 1.51. The molecule has 0 saturated carbocycles. The molecule has 3 aromatic rings. The average molecular weight is 394 g/mol. The van der Waals surface area contributed by atoms with E-state index in [4.69, 9.17) is 16.0 Å². The number of hydrogen-bond donors (Lipinski definition) is 1. The molecule has 3 rings (SSSR count). The lowest BCUT2D eigenvalue weighted by Crippen LogP contribution is -2.32. The van der Waals surface area contributed by atoms with E-state index in [1.54, 1.807) is 37.3 Å². The highest BCUT2D eigenvalue weighted by Crippen LogP contribution is 2.20. The van der Waals surface area contributed by atoms with Crippen molar-refractivity contribution in [3.8, 4) is 11.5 Å². The van der Waals surface area contributed by atoms with Crippen LogP contribution in [0.1, 0.15) is 5.56 Å². The number of halogens is 1. The number of sulfonamides is 1. The van der Waals surface area contributed by atoms with E-state index in [0.717, 1.165) is 0 Å². The first-order valence-electron chi connectivity index (χ1n) is 7.75. The number of rotatable bonds is 6. The Labute approximate surface area is 155 Å². The van der Waals surface area contributed by atoms with Crippen molar-refractivity contribution >= 4 is 21.6 Å². The number of nitrogens with one attached hydrogen (secondary N) is 1. The molecule has 136 valence electrons. The summed E-state index contributed by atoms with van der Waals surface area (Å²) in [5.74, 6) is 0.522. The number of aryl methyl sites for hydroxylation is 1. The summed E-state index contributed by atoms with van der Waals surface area (Å²) < 4.78 is 33.8. The van der Waals surface area contributed by atoms with Gasteiger partial charge in [0, 0.05) is 17.6 Å². The van der Waals surface area contributed by atoms with Crippen molar-refractivity contribution in [2.75, 3.05) is 6.54 Å². The molecule has 0 spiro atoms. The first-order valence-corrected chi connectivity index (χ1v) is 9.61. The van der Waals surface area contributed by atoms with Gasteiger partial charge in [-0.1, -0.05) is 17.7 Å². The number of benzene rings is 1. The maximum Gasteiger partial charge on any atom is 0.266 e. The van der Waals surface area contributed by atoms with E-state index < -0.39 is 10.0 Å². The molecule has 1 N–H and O–H groups in total. The van der Waals surface area contributed by atoms with E-state index in [-0.39, 0.29) is 23.5 Å². The van der Waals surface area contributed by atoms with Crippen LogP contribution in [0.3, 0.4) is 0 Å². The van der Waals surface area contributed by atoms with Crippen LogP contribution >= 0.6 is 11.6 Å². The van der Waals surface area contributed by atoms with E-state index in [1.165, 1.54) is 23.1 Å². The normalized spacial score (nSPS) is 11.6. The van der Waals surface area contributed by atoms with Crippen molar-refractivity contribution < 1.29 is 12.8 Å². The van der Waals surface area contributed by atoms with E-state index >= 15 is 0 Å². The van der Waals surface area contributed by atoms with Crippen LogP contribution < -0.4 is 10.3 Å². The van der Waals surface area contributed by atoms with Crippen molar-refractivity contribution in [2.45, 2.75) is 18.4 Å². The third-order valence-corrected chi connectivity index (χ3v) is 5.53. The fourth-order valence-corrected chi connectivity index (χ4v) is 3.92. The Kier molecular flexibility index (Phi) is 5.26. The lowest BCUT2D eigenvalue weighted by molar-refractivity contribution is 0.539. The minimum Gasteiger partial charge on any atom is -0.463 e. The van der Waals surface area contributed by atoms with Gasteiger partial charge >= 0.3 is 0 Å². The predicted octanol–water partition coefficient (Wildman–Crippen LogP) is 2.44. The summed E-state index contributed by atoms with van der Waals surface area (Å²) in [5, 5.41) is 4.53. The molecule has 9 heteroatoms. The predicted molar refractivity (Wildman–Crippen MR) is 97.6 cm³/mol. The van der Waals surface area contributed by atoms with Crippen LogP contribution in [-0.4, -0.2) is 24.7 Å². The molecule has 2 heterocycles. The zero-order valence-corrected chi connectivity index (χ0v) is 15.4. The molecule has 0 aliphatic heterocycles. The minimum absolute atomic E-state index is 0.00278. The monoisotopic (exact) mass is 393 g/mol. The van der Waals surface area contributed by atoms with Gasteiger partial charge in [0.1, 0.15) is 5.69 Å². The number of hydrogen-bond acceptors (Lipinski definition) is 5. The smallest absolute Gasteiger partial charge is 0.266 e. The molecule has 0 atom stereocenters. The second-order valence-corrected chi connectivity index (χ2v) is 7.74. The van der Waals surface area contributed by atoms with Crippen LogP contribution in [-0.2, 0) is 16.6 Å². The highest BCUT2D eigenvalue weighted by molar-refractivity contribution is 7.89. The quantitative estimate of drug-likeness (QED) is 0.694. The van der Waals surface area contributed by atoms with Gasteiger partial charge in [0.15, 0.2) is 5.76 Å². The zero-order chi connectivity index (χ0) is 18.7. The molecule has 0 amide bonds. The SMILES string of the molecule is Cc1ccc(Cl)cc1S(=O)(=O)NCCn1nc(-c2ccco2)ccc1=O. The molecule has 0 fully saturated rings. The van der Waals surface area contributed by atoms with Crippen LogP contribution in [0.25, 0.3) is 11.5 Å². The third kappa shape index (κ3) is 4.04. The Bertz CT molecular complexity index is 1080. The zero-order valence-electron chi connectivity index (χ0n) is 13.8. The van der Waals surface area contributed by atoms with Crippen LogP contribution in [0.2, 0.25) is 5.02 Å². The van der Waals surface area contributed by atoms with Gasteiger partial charge in [-0.05, 0) is 42.8 Å². The van der Waals surface area contributed by atoms with Gasteiger partial charge in [-0.15, -0.1) is 0 Å². The Morgan fingerprint density at radius 2 is 2.04 bits per heavy atom. The third-order valence-electron chi connectivity index (χ3n) is 3.70. The number of nitrogens with zero attached hydrogens (tertiary/aromatic N) is 2. The standard InChI is InChI=1S/C17H16ClN3O4S/c1-12-4-5-13(18)11-16(12)26(23,24)19-8-9-21-17(22)7-6-14(20-21)15-3-2-10-25-15/h2-7,10-11,19H,8-9H2,1H3. The maximum atomic E-state index is 12.4. The molecule has 0 saturated heterocycles. The molecular weight excluding hydrogens is 378 g/mol. The lowest BCUT2D eigenvalue weighted by atomic mass is 10.2. The highest BCUT2D eigenvalue weighted by atomic mass is 35.5. The Balaban J connectivity index is 1.74. The van der Waals surface area contributed by atoms with E-state index in [0.29, 0.717) is 22.0 Å². The molecular formula is C17H16ClN3O4S. The van der Waals surface area contributed by atoms with Crippen LogP contribution in [0.4, 0.5) is 0 Å². The summed E-state index contributed by atoms with van der Waals surface area (Å²) in [6, 6.07) is 11.0. The first-order chi connectivity index (χ1) is 12.4. The van der Waals surface area contributed by atoms with Crippen LogP contribution in [0.5, 0.6) is 0 Å². The van der Waals surface area contributed by atoms with Gasteiger partial charge in [0.05, 0.1) is 17.7 Å². The van der Waals surface area contributed by atoms with Crippen molar-refractivity contribution in [1.29, 1.82) is 0 Å². The largest absolute Gasteiger partial charge is 0.463 e. The molecule has 0 radical (unpaired) electrons. The van der Waals surface area contributed by atoms with E-state index in [2.05, 4.69) is 9.82 Å². The molecule has 2 aromatic heterocycles. The van der Waals surface area contributed by atoms with Crippen molar-refractivity contribution in [1.82, 2.24) is 14.5 Å². The first kappa shape index (κ1) is 18.4. The molecule has 26 heavy (non-hydrogen) atoms. The Morgan fingerprint density at radius 1 is 1.23 bits per heavy atom. The Morgan fingerprint density at radius 3 is 2.77 bits per heavy atom. The summed E-state index contributed by atoms with van der Waals surface area (Å²) in [7, 11) is -3.75. The lowest BCUT2D eigenvalue weighted by Gasteiger charge is -2.10. The fraction of sp³-hybridized carbons (Fsp3) is 0.176. The summed E-state index contributed by atoms with van der Waals surface area (Å²) in [4.78, 5) is 12.0. The van der Waals surface area contributed by atoms with Gasteiger partial charge in [-0.3, -0.25) is 4.79 Å². The molecule has 7 nitrogen and oxygen atoms in total. The van der Waals surface area contributed by atoms with Gasteiger partial charge in [0.25, 0.3) is 5.56 Å². The van der Waals surface area contributed by atoms with Crippen LogP contribution in [0, 0.1) is 6.92 Å². The second kappa shape index (κ2) is 7.45. The summed E-state index contributed by atoms with van der Waals surface area (Å²) in [6.45, 7) is 1.76. The second-order valence-electron chi connectivity index (χ2n) is 5.56. The number of aromatic nitrogens is 2. The van der Waals surface area contributed by atoms with Gasteiger partial charge in [0.2, 0.25) is 10.0 Å². The Hall–Kier alpha value is -2.42.